The van der Waals surface area contributed by atoms with Crippen molar-refractivity contribution in [3.05, 3.63) is 75.5 Å². The number of amides is 1. The quantitative estimate of drug-likeness (QED) is 0.468. The predicted molar refractivity (Wildman–Crippen MR) is 117 cm³/mol. The number of aromatic nitrogens is 2. The third-order valence-corrected chi connectivity index (χ3v) is 5.26. The van der Waals surface area contributed by atoms with Crippen LogP contribution in [0.5, 0.6) is 0 Å². The van der Waals surface area contributed by atoms with Crippen LogP contribution in [-0.4, -0.2) is 26.7 Å². The van der Waals surface area contributed by atoms with Crippen LogP contribution in [0.15, 0.2) is 48.5 Å². The van der Waals surface area contributed by atoms with E-state index < -0.39 is 4.92 Å². The summed E-state index contributed by atoms with van der Waals surface area (Å²) >= 11 is 0. The fraction of sp³-hybridized carbons (Fsp3) is 0.304. The highest BCUT2D eigenvalue weighted by Crippen LogP contribution is 2.25. The second-order valence-corrected chi connectivity index (χ2v) is 7.93. The third-order valence-electron chi connectivity index (χ3n) is 5.26. The molecular formula is C23H26N4O3. The van der Waals surface area contributed by atoms with Crippen molar-refractivity contribution in [3.63, 3.8) is 0 Å². The molecule has 0 spiro atoms. The van der Waals surface area contributed by atoms with E-state index in [1.165, 1.54) is 12.1 Å². The Balaban J connectivity index is 2.09. The summed E-state index contributed by atoms with van der Waals surface area (Å²) in [5.74, 6) is 0.0809. The number of hydrogen-bond acceptors (Lipinski definition) is 4. The zero-order valence-corrected chi connectivity index (χ0v) is 17.8. The molecule has 3 rings (SSSR count). The summed E-state index contributed by atoms with van der Waals surface area (Å²) < 4.78 is 1.65. The smallest absolute Gasteiger partial charge is 0.270 e. The number of nitrogens with zero attached hydrogens (tertiary/aromatic N) is 3. The van der Waals surface area contributed by atoms with E-state index in [1.54, 1.807) is 22.9 Å². The van der Waals surface area contributed by atoms with E-state index >= 15 is 0 Å². The predicted octanol–water partition coefficient (Wildman–Crippen LogP) is 4.84. The van der Waals surface area contributed by atoms with Gasteiger partial charge >= 0.3 is 0 Å². The first-order valence-electron chi connectivity index (χ1n) is 9.90. The van der Waals surface area contributed by atoms with Crippen molar-refractivity contribution in [3.8, 4) is 16.9 Å². The van der Waals surface area contributed by atoms with Gasteiger partial charge in [0.15, 0.2) is 0 Å². The maximum Gasteiger partial charge on any atom is 0.270 e. The van der Waals surface area contributed by atoms with Crippen molar-refractivity contribution >= 4 is 11.6 Å². The number of rotatable bonds is 6. The second kappa shape index (κ2) is 8.49. The van der Waals surface area contributed by atoms with Gasteiger partial charge in [-0.15, -0.1) is 0 Å². The highest BCUT2D eigenvalue weighted by atomic mass is 16.6. The van der Waals surface area contributed by atoms with E-state index in [0.29, 0.717) is 22.9 Å². The van der Waals surface area contributed by atoms with Gasteiger partial charge in [-0.05, 0) is 56.5 Å². The monoisotopic (exact) mass is 406 g/mol. The first kappa shape index (κ1) is 21.2. The van der Waals surface area contributed by atoms with Gasteiger partial charge in [0, 0.05) is 23.7 Å². The van der Waals surface area contributed by atoms with Crippen LogP contribution in [-0.2, 0) is 0 Å². The Morgan fingerprint density at radius 1 is 1.07 bits per heavy atom. The average Bonchev–Trinajstić information content (AvgIpc) is 3.13. The minimum Gasteiger partial charge on any atom is -0.348 e. The topological polar surface area (TPSA) is 90.1 Å². The summed E-state index contributed by atoms with van der Waals surface area (Å²) in [6.07, 6.45) is 0. The molecule has 0 saturated carbocycles. The van der Waals surface area contributed by atoms with Gasteiger partial charge in [-0.25, -0.2) is 4.68 Å². The molecule has 2 aromatic carbocycles. The van der Waals surface area contributed by atoms with Crippen LogP contribution >= 0.6 is 0 Å². The molecule has 1 atom stereocenters. The number of carbonyl (C=O) groups is 1. The molecule has 30 heavy (non-hydrogen) atoms. The molecule has 0 saturated heterocycles. The van der Waals surface area contributed by atoms with Crippen LogP contribution in [0.4, 0.5) is 5.69 Å². The highest BCUT2D eigenvalue weighted by molar-refractivity contribution is 5.94. The molecule has 0 bridgehead atoms. The molecular weight excluding hydrogens is 380 g/mol. The molecule has 1 heterocycles. The fourth-order valence-corrected chi connectivity index (χ4v) is 3.11. The Bertz CT molecular complexity index is 1080. The van der Waals surface area contributed by atoms with E-state index in [-0.39, 0.29) is 17.6 Å². The number of nitro groups is 1. The van der Waals surface area contributed by atoms with Crippen molar-refractivity contribution in [2.45, 2.75) is 40.7 Å². The van der Waals surface area contributed by atoms with Crippen molar-refractivity contribution in [2.75, 3.05) is 0 Å². The minimum absolute atomic E-state index is 0.00258. The largest absolute Gasteiger partial charge is 0.348 e. The Labute approximate surface area is 175 Å². The molecule has 1 N–H and O–H groups in total. The Morgan fingerprint density at radius 3 is 2.30 bits per heavy atom. The van der Waals surface area contributed by atoms with Crippen LogP contribution < -0.4 is 5.32 Å². The first-order valence-corrected chi connectivity index (χ1v) is 9.90. The van der Waals surface area contributed by atoms with Crippen molar-refractivity contribution in [2.24, 2.45) is 5.92 Å². The molecule has 0 aliphatic carbocycles. The number of aryl methyl sites for hydroxylation is 2. The van der Waals surface area contributed by atoms with Gasteiger partial charge in [-0.3, -0.25) is 14.9 Å². The van der Waals surface area contributed by atoms with Crippen LogP contribution in [0.2, 0.25) is 0 Å². The summed E-state index contributed by atoms with van der Waals surface area (Å²) in [5.41, 5.74) is 4.65. The van der Waals surface area contributed by atoms with Crippen LogP contribution in [0, 0.1) is 29.9 Å². The number of benzene rings is 2. The maximum absolute atomic E-state index is 13.1. The van der Waals surface area contributed by atoms with Crippen LogP contribution in [0.1, 0.15) is 42.4 Å². The fourth-order valence-electron chi connectivity index (χ4n) is 3.11. The van der Waals surface area contributed by atoms with Gasteiger partial charge in [-0.2, -0.15) is 5.10 Å². The summed E-state index contributed by atoms with van der Waals surface area (Å²) in [6, 6.07) is 13.9. The molecule has 0 aliphatic rings. The number of non-ortho nitro benzene ring substituents is 1. The Kier molecular flexibility index (Phi) is 6.01. The van der Waals surface area contributed by atoms with Crippen LogP contribution in [0.3, 0.4) is 0 Å². The zero-order chi connectivity index (χ0) is 22.0. The molecule has 156 valence electrons. The van der Waals surface area contributed by atoms with Gasteiger partial charge in [0.25, 0.3) is 11.6 Å². The summed E-state index contributed by atoms with van der Waals surface area (Å²) in [6.45, 7) is 10.1. The lowest BCUT2D eigenvalue weighted by Gasteiger charge is -2.18. The van der Waals surface area contributed by atoms with Crippen LogP contribution in [0.25, 0.3) is 16.9 Å². The summed E-state index contributed by atoms with van der Waals surface area (Å²) in [7, 11) is 0. The van der Waals surface area contributed by atoms with Gasteiger partial charge in [0.2, 0.25) is 0 Å². The van der Waals surface area contributed by atoms with Gasteiger partial charge in [0.05, 0.1) is 16.3 Å². The standard InChI is InChI=1S/C23H26N4O3/c1-14(2)17(5)24-23(28)22-13-20(18-7-9-19(10-8-18)27(29)30)25-26(22)21-11-6-15(3)12-16(21)4/h6-14,17H,1-5H3,(H,24,28)/t17-/m1/s1. The minimum atomic E-state index is -0.440. The lowest BCUT2D eigenvalue weighted by Crippen LogP contribution is -2.37. The van der Waals surface area contributed by atoms with Crippen molar-refractivity contribution in [1.82, 2.24) is 15.1 Å². The van der Waals surface area contributed by atoms with E-state index in [1.807, 2.05) is 39.0 Å². The average molecular weight is 406 g/mol. The molecule has 1 aromatic heterocycles. The van der Waals surface area contributed by atoms with E-state index in [9.17, 15) is 14.9 Å². The molecule has 7 heteroatoms. The Morgan fingerprint density at radius 2 is 1.73 bits per heavy atom. The second-order valence-electron chi connectivity index (χ2n) is 7.93. The molecule has 3 aromatic rings. The highest BCUT2D eigenvalue weighted by Gasteiger charge is 2.21. The lowest BCUT2D eigenvalue weighted by molar-refractivity contribution is -0.384. The van der Waals surface area contributed by atoms with Crippen molar-refractivity contribution in [1.29, 1.82) is 0 Å². The number of hydrogen-bond donors (Lipinski definition) is 1. The van der Waals surface area contributed by atoms with E-state index in [0.717, 1.165) is 16.8 Å². The maximum atomic E-state index is 13.1. The number of nitrogens with one attached hydrogen (secondary N) is 1. The number of carbonyl (C=O) groups excluding carboxylic acids is 1. The SMILES string of the molecule is Cc1ccc(-n2nc(-c3ccc([N+](=O)[O-])cc3)cc2C(=O)N[C@H](C)C(C)C)c(C)c1. The lowest BCUT2D eigenvalue weighted by atomic mass is 10.1. The summed E-state index contributed by atoms with van der Waals surface area (Å²) in [4.78, 5) is 23.6. The van der Waals surface area contributed by atoms with Gasteiger partial charge in [0.1, 0.15) is 5.69 Å². The molecule has 0 radical (unpaired) electrons. The van der Waals surface area contributed by atoms with E-state index in [4.69, 9.17) is 0 Å². The molecule has 7 nitrogen and oxygen atoms in total. The number of nitro benzene ring substituents is 1. The van der Waals surface area contributed by atoms with Gasteiger partial charge in [-0.1, -0.05) is 31.5 Å². The molecule has 0 fully saturated rings. The molecule has 1 amide bonds. The first-order chi connectivity index (χ1) is 14.2. The van der Waals surface area contributed by atoms with Gasteiger partial charge < -0.3 is 5.32 Å². The zero-order valence-electron chi connectivity index (χ0n) is 17.8. The molecule has 0 aliphatic heterocycles. The van der Waals surface area contributed by atoms with E-state index in [2.05, 4.69) is 24.3 Å². The normalized spacial score (nSPS) is 12.1. The third kappa shape index (κ3) is 4.40. The summed E-state index contributed by atoms with van der Waals surface area (Å²) in [5, 5.41) is 18.6. The Hall–Kier alpha value is -3.48. The van der Waals surface area contributed by atoms with Crippen molar-refractivity contribution < 1.29 is 9.72 Å². The molecule has 0 unspecified atom stereocenters.